The molecule has 0 saturated carbocycles. The molecule has 8 nitrogen and oxygen atoms in total. The van der Waals surface area contributed by atoms with Gasteiger partial charge in [-0.25, -0.2) is 4.98 Å². The highest BCUT2D eigenvalue weighted by Crippen LogP contribution is 2.29. The summed E-state index contributed by atoms with van der Waals surface area (Å²) in [6, 6.07) is 8.21. The van der Waals surface area contributed by atoms with Gasteiger partial charge in [0.25, 0.3) is 11.6 Å². The van der Waals surface area contributed by atoms with Crippen molar-refractivity contribution in [3.05, 3.63) is 52.2 Å². The van der Waals surface area contributed by atoms with Crippen LogP contribution in [0.25, 0.3) is 0 Å². The van der Waals surface area contributed by atoms with Crippen molar-refractivity contribution in [3.8, 4) is 0 Å². The minimum atomic E-state index is -0.475. The van der Waals surface area contributed by atoms with E-state index in [1.54, 1.807) is 12.3 Å². The molecule has 8 heteroatoms. The lowest BCUT2D eigenvalue weighted by atomic mass is 10.1. The summed E-state index contributed by atoms with van der Waals surface area (Å²) in [7, 11) is 0. The second kappa shape index (κ2) is 7.84. The minimum Gasteiger partial charge on any atom is -0.371 e. The maximum Gasteiger partial charge on any atom is 0.270 e. The fraction of sp³-hybridized carbons (Fsp3) is 0.400. The summed E-state index contributed by atoms with van der Waals surface area (Å²) in [5.74, 6) is 0.546. The van der Waals surface area contributed by atoms with Crippen LogP contribution in [0.5, 0.6) is 0 Å². The lowest BCUT2D eigenvalue weighted by Gasteiger charge is -2.21. The first-order valence-corrected chi connectivity index (χ1v) is 9.67. The average Bonchev–Trinajstić information content (AvgIpc) is 3.42. The summed E-state index contributed by atoms with van der Waals surface area (Å²) >= 11 is 0. The van der Waals surface area contributed by atoms with Crippen molar-refractivity contribution in [1.29, 1.82) is 0 Å². The van der Waals surface area contributed by atoms with Crippen LogP contribution in [0.1, 0.15) is 36.0 Å². The van der Waals surface area contributed by atoms with Crippen LogP contribution in [-0.2, 0) is 0 Å². The normalized spacial score (nSPS) is 16.4. The highest BCUT2D eigenvalue weighted by Gasteiger charge is 2.23. The number of anilines is 3. The number of hydrogen-bond acceptors (Lipinski definition) is 6. The first-order valence-electron chi connectivity index (χ1n) is 9.67. The molecule has 28 heavy (non-hydrogen) atoms. The molecule has 4 rings (SSSR count). The van der Waals surface area contributed by atoms with Crippen LogP contribution < -0.4 is 15.1 Å². The molecule has 2 saturated heterocycles. The number of nitro benzene ring substituents is 1. The topological polar surface area (TPSA) is 91.6 Å². The first kappa shape index (κ1) is 18.2. The first-order chi connectivity index (χ1) is 13.6. The molecule has 0 unspecified atom stereocenters. The third-order valence-corrected chi connectivity index (χ3v) is 5.32. The maximum absolute atomic E-state index is 12.9. The summed E-state index contributed by atoms with van der Waals surface area (Å²) in [5, 5.41) is 14.0. The maximum atomic E-state index is 12.9. The molecule has 0 radical (unpaired) electrons. The Morgan fingerprint density at radius 1 is 1.00 bits per heavy atom. The van der Waals surface area contributed by atoms with Gasteiger partial charge in [0.15, 0.2) is 0 Å². The van der Waals surface area contributed by atoms with E-state index in [-0.39, 0.29) is 11.6 Å². The number of aromatic nitrogens is 1. The van der Waals surface area contributed by atoms with E-state index in [2.05, 4.69) is 20.1 Å². The van der Waals surface area contributed by atoms with Crippen LogP contribution in [0, 0.1) is 10.1 Å². The van der Waals surface area contributed by atoms with E-state index in [0.29, 0.717) is 11.3 Å². The van der Waals surface area contributed by atoms with Gasteiger partial charge in [-0.2, -0.15) is 0 Å². The minimum absolute atomic E-state index is 0.0874. The number of rotatable bonds is 5. The fourth-order valence-electron chi connectivity index (χ4n) is 3.84. The van der Waals surface area contributed by atoms with Crippen molar-refractivity contribution < 1.29 is 9.72 Å². The highest BCUT2D eigenvalue weighted by atomic mass is 16.6. The molecule has 0 bridgehead atoms. The van der Waals surface area contributed by atoms with Crippen LogP contribution in [0.2, 0.25) is 0 Å². The van der Waals surface area contributed by atoms with E-state index >= 15 is 0 Å². The fourth-order valence-corrected chi connectivity index (χ4v) is 3.84. The standard InChI is InChI=1S/C20H23N5O3/c26-20(22-15-5-8-19(21-14-15)24-11-3-4-12-24)17-13-16(25(27)28)6-7-18(17)23-9-1-2-10-23/h5-8,13-14H,1-4,9-12H2,(H,22,26). The Morgan fingerprint density at radius 2 is 1.68 bits per heavy atom. The van der Waals surface area contributed by atoms with Gasteiger partial charge in [-0.05, 0) is 43.9 Å². The molecule has 3 heterocycles. The van der Waals surface area contributed by atoms with Crippen LogP contribution >= 0.6 is 0 Å². The van der Waals surface area contributed by atoms with Gasteiger partial charge in [0.1, 0.15) is 5.82 Å². The van der Waals surface area contributed by atoms with Crippen molar-refractivity contribution in [2.45, 2.75) is 25.7 Å². The van der Waals surface area contributed by atoms with Gasteiger partial charge in [-0.3, -0.25) is 14.9 Å². The van der Waals surface area contributed by atoms with Gasteiger partial charge < -0.3 is 15.1 Å². The van der Waals surface area contributed by atoms with Gasteiger partial charge in [-0.1, -0.05) is 0 Å². The Balaban J connectivity index is 1.56. The van der Waals surface area contributed by atoms with Gasteiger partial charge in [0.2, 0.25) is 0 Å². The Kier molecular flexibility index (Phi) is 5.10. The van der Waals surface area contributed by atoms with Gasteiger partial charge in [0.05, 0.1) is 28.1 Å². The summed E-state index contributed by atoms with van der Waals surface area (Å²) in [5.41, 5.74) is 1.55. The number of amides is 1. The summed E-state index contributed by atoms with van der Waals surface area (Å²) in [6.07, 6.45) is 6.09. The molecule has 2 aliphatic heterocycles. The van der Waals surface area contributed by atoms with E-state index in [0.717, 1.165) is 50.5 Å². The largest absolute Gasteiger partial charge is 0.371 e. The second-order valence-electron chi connectivity index (χ2n) is 7.21. The molecule has 2 aliphatic rings. The molecule has 1 amide bonds. The Hall–Kier alpha value is -3.16. The molecule has 1 N–H and O–H groups in total. The number of carbonyl (C=O) groups is 1. The Labute approximate surface area is 163 Å². The lowest BCUT2D eigenvalue weighted by molar-refractivity contribution is -0.384. The lowest BCUT2D eigenvalue weighted by Crippen LogP contribution is -2.23. The second-order valence-corrected chi connectivity index (χ2v) is 7.21. The van der Waals surface area contributed by atoms with E-state index in [1.807, 2.05) is 12.1 Å². The van der Waals surface area contributed by atoms with Gasteiger partial charge in [-0.15, -0.1) is 0 Å². The predicted molar refractivity (Wildman–Crippen MR) is 108 cm³/mol. The average molecular weight is 381 g/mol. The number of non-ortho nitro benzene ring substituents is 1. The molecule has 146 valence electrons. The van der Waals surface area contributed by atoms with E-state index in [4.69, 9.17) is 0 Å². The monoisotopic (exact) mass is 381 g/mol. The van der Waals surface area contributed by atoms with Gasteiger partial charge >= 0.3 is 0 Å². The summed E-state index contributed by atoms with van der Waals surface area (Å²) in [6.45, 7) is 3.71. The van der Waals surface area contributed by atoms with Crippen LogP contribution in [0.15, 0.2) is 36.5 Å². The molecule has 0 spiro atoms. The van der Waals surface area contributed by atoms with Crippen LogP contribution in [0.3, 0.4) is 0 Å². The predicted octanol–water partition coefficient (Wildman–Crippen LogP) is 3.44. The Bertz CT molecular complexity index is 872. The molecular weight excluding hydrogens is 358 g/mol. The summed E-state index contributed by atoms with van der Waals surface area (Å²) < 4.78 is 0. The van der Waals surface area contributed by atoms with E-state index < -0.39 is 4.92 Å². The zero-order chi connectivity index (χ0) is 19.5. The third kappa shape index (κ3) is 3.76. The van der Waals surface area contributed by atoms with E-state index in [1.165, 1.54) is 25.0 Å². The molecular formula is C20H23N5O3. The van der Waals surface area contributed by atoms with Crippen molar-refractivity contribution in [1.82, 2.24) is 4.98 Å². The number of hydrogen-bond donors (Lipinski definition) is 1. The summed E-state index contributed by atoms with van der Waals surface area (Å²) in [4.78, 5) is 32.4. The molecule has 2 fully saturated rings. The number of benzene rings is 1. The SMILES string of the molecule is O=C(Nc1ccc(N2CCCC2)nc1)c1cc([N+](=O)[O-])ccc1N1CCCC1. The number of nitrogens with zero attached hydrogens (tertiary/aromatic N) is 4. The van der Waals surface area contributed by atoms with Gasteiger partial charge in [0, 0.05) is 38.3 Å². The zero-order valence-electron chi connectivity index (χ0n) is 15.6. The molecule has 0 aliphatic carbocycles. The third-order valence-electron chi connectivity index (χ3n) is 5.32. The molecule has 1 aromatic heterocycles. The quantitative estimate of drug-likeness (QED) is 0.630. The van der Waals surface area contributed by atoms with Crippen molar-refractivity contribution in [3.63, 3.8) is 0 Å². The zero-order valence-corrected chi connectivity index (χ0v) is 15.6. The van der Waals surface area contributed by atoms with E-state index in [9.17, 15) is 14.9 Å². The number of nitro groups is 1. The van der Waals surface area contributed by atoms with Crippen molar-refractivity contribution in [2.75, 3.05) is 41.3 Å². The van der Waals surface area contributed by atoms with Crippen LogP contribution in [-0.4, -0.2) is 42.0 Å². The van der Waals surface area contributed by atoms with Crippen LogP contribution in [0.4, 0.5) is 22.9 Å². The molecule has 1 aromatic carbocycles. The smallest absolute Gasteiger partial charge is 0.270 e. The number of carbonyl (C=O) groups excluding carboxylic acids is 1. The number of nitrogens with one attached hydrogen (secondary N) is 1. The molecule has 0 atom stereocenters. The van der Waals surface area contributed by atoms with Crippen molar-refractivity contribution in [2.24, 2.45) is 0 Å². The Morgan fingerprint density at radius 3 is 2.29 bits per heavy atom. The number of pyridine rings is 1. The van der Waals surface area contributed by atoms with Crippen molar-refractivity contribution >= 4 is 28.8 Å². The highest BCUT2D eigenvalue weighted by molar-refractivity contribution is 6.08. The molecule has 2 aromatic rings.